The molecule has 0 N–H and O–H groups in total. The monoisotopic (exact) mass is 233 g/mol. The second-order valence-corrected chi connectivity index (χ2v) is 3.96. The highest BCUT2D eigenvalue weighted by atomic mass is 35.5. The summed E-state index contributed by atoms with van der Waals surface area (Å²) in [7, 11) is 1.63. The Balaban J connectivity index is 2.84. The van der Waals surface area contributed by atoms with Gasteiger partial charge in [-0.05, 0) is 30.7 Å². The SMILES string of the molecule is C=Cc1cc(OC)c2nc(C)c(Cl)cc2c1. The lowest BCUT2D eigenvalue weighted by molar-refractivity contribution is 0.418. The van der Waals surface area contributed by atoms with Gasteiger partial charge < -0.3 is 4.74 Å². The number of hydrogen-bond donors (Lipinski definition) is 0. The number of benzene rings is 1. The van der Waals surface area contributed by atoms with E-state index < -0.39 is 0 Å². The van der Waals surface area contributed by atoms with Crippen molar-refractivity contribution in [3.05, 3.63) is 41.1 Å². The Morgan fingerprint density at radius 1 is 1.38 bits per heavy atom. The third kappa shape index (κ3) is 1.76. The lowest BCUT2D eigenvalue weighted by atomic mass is 10.1. The van der Waals surface area contributed by atoms with Gasteiger partial charge in [0.25, 0.3) is 0 Å². The molecule has 3 heteroatoms. The van der Waals surface area contributed by atoms with Crippen molar-refractivity contribution >= 4 is 28.6 Å². The van der Waals surface area contributed by atoms with Gasteiger partial charge in [-0.1, -0.05) is 24.3 Å². The predicted octanol–water partition coefficient (Wildman–Crippen LogP) is 3.85. The molecule has 0 aliphatic heterocycles. The maximum Gasteiger partial charge on any atom is 0.145 e. The minimum Gasteiger partial charge on any atom is -0.494 e. The van der Waals surface area contributed by atoms with E-state index in [2.05, 4.69) is 11.6 Å². The van der Waals surface area contributed by atoms with E-state index in [0.29, 0.717) is 5.02 Å². The van der Waals surface area contributed by atoms with E-state index in [-0.39, 0.29) is 0 Å². The van der Waals surface area contributed by atoms with Crippen LogP contribution in [0.1, 0.15) is 11.3 Å². The van der Waals surface area contributed by atoms with Crippen LogP contribution in [0.2, 0.25) is 5.02 Å². The minimum atomic E-state index is 0.663. The van der Waals surface area contributed by atoms with Gasteiger partial charge in [-0.3, -0.25) is 0 Å². The number of halogens is 1. The maximum absolute atomic E-state index is 6.05. The number of pyridine rings is 1. The van der Waals surface area contributed by atoms with Crippen LogP contribution in [-0.2, 0) is 0 Å². The molecule has 1 aromatic carbocycles. The average molecular weight is 234 g/mol. The van der Waals surface area contributed by atoms with Gasteiger partial charge in [-0.2, -0.15) is 0 Å². The summed E-state index contributed by atoms with van der Waals surface area (Å²) in [4.78, 5) is 4.43. The smallest absolute Gasteiger partial charge is 0.145 e. The number of rotatable bonds is 2. The summed E-state index contributed by atoms with van der Waals surface area (Å²) in [5.74, 6) is 0.743. The van der Waals surface area contributed by atoms with Crippen LogP contribution in [0.5, 0.6) is 5.75 Å². The second-order valence-electron chi connectivity index (χ2n) is 3.55. The summed E-state index contributed by atoms with van der Waals surface area (Å²) >= 11 is 6.05. The molecule has 0 saturated heterocycles. The van der Waals surface area contributed by atoms with Crippen molar-refractivity contribution in [2.45, 2.75) is 6.92 Å². The summed E-state index contributed by atoms with van der Waals surface area (Å²) in [6, 6.07) is 5.80. The molecule has 0 fully saturated rings. The molecule has 2 rings (SSSR count). The highest BCUT2D eigenvalue weighted by Crippen LogP contribution is 2.29. The molecular formula is C13H12ClNO. The Hall–Kier alpha value is -1.54. The first kappa shape index (κ1) is 11.0. The van der Waals surface area contributed by atoms with Gasteiger partial charge in [0.15, 0.2) is 0 Å². The van der Waals surface area contributed by atoms with Crippen LogP contribution >= 0.6 is 11.6 Å². The van der Waals surface area contributed by atoms with Gasteiger partial charge in [0, 0.05) is 5.39 Å². The summed E-state index contributed by atoms with van der Waals surface area (Å²) in [6.45, 7) is 5.62. The number of aromatic nitrogens is 1. The lowest BCUT2D eigenvalue weighted by Gasteiger charge is -2.08. The summed E-state index contributed by atoms with van der Waals surface area (Å²) in [5, 5.41) is 1.63. The third-order valence-corrected chi connectivity index (χ3v) is 2.87. The largest absolute Gasteiger partial charge is 0.494 e. The molecule has 2 nitrogen and oxygen atoms in total. The van der Waals surface area contributed by atoms with Gasteiger partial charge in [0.1, 0.15) is 11.3 Å². The highest BCUT2D eigenvalue weighted by Gasteiger charge is 2.07. The van der Waals surface area contributed by atoms with Crippen LogP contribution in [0.25, 0.3) is 17.0 Å². The fraction of sp³-hybridized carbons (Fsp3) is 0.154. The first-order valence-corrected chi connectivity index (χ1v) is 5.31. The van der Waals surface area contributed by atoms with Crippen molar-refractivity contribution in [2.75, 3.05) is 7.11 Å². The van der Waals surface area contributed by atoms with Gasteiger partial charge in [0.05, 0.1) is 17.8 Å². The maximum atomic E-state index is 6.05. The molecule has 0 aliphatic carbocycles. The number of hydrogen-bond acceptors (Lipinski definition) is 2. The second kappa shape index (κ2) is 4.14. The van der Waals surface area contributed by atoms with E-state index in [1.807, 2.05) is 25.1 Å². The van der Waals surface area contributed by atoms with Gasteiger partial charge in [0.2, 0.25) is 0 Å². The molecule has 0 unspecified atom stereocenters. The van der Waals surface area contributed by atoms with E-state index in [0.717, 1.165) is 27.9 Å². The standard InChI is InChI=1S/C13H12ClNO/c1-4-9-5-10-7-11(14)8(2)15-13(10)12(6-9)16-3/h4-7H,1H2,2-3H3. The number of aryl methyl sites for hydroxylation is 1. The molecule has 0 amide bonds. The van der Waals surface area contributed by atoms with Crippen LogP contribution in [-0.4, -0.2) is 12.1 Å². The zero-order chi connectivity index (χ0) is 11.7. The Kier molecular flexibility index (Phi) is 2.84. The molecule has 2 aromatic rings. The zero-order valence-electron chi connectivity index (χ0n) is 9.25. The predicted molar refractivity (Wildman–Crippen MR) is 68.1 cm³/mol. The Labute approximate surface area is 99.5 Å². The molecule has 0 spiro atoms. The molecule has 0 bridgehead atoms. The van der Waals surface area contributed by atoms with Crippen molar-refractivity contribution in [1.29, 1.82) is 0 Å². The van der Waals surface area contributed by atoms with E-state index in [9.17, 15) is 0 Å². The Bertz CT molecular complexity index is 563. The highest BCUT2D eigenvalue weighted by molar-refractivity contribution is 6.31. The first-order valence-electron chi connectivity index (χ1n) is 4.93. The third-order valence-electron chi connectivity index (χ3n) is 2.49. The number of ether oxygens (including phenoxy) is 1. The molecule has 0 saturated carbocycles. The van der Waals surface area contributed by atoms with Crippen molar-refractivity contribution in [2.24, 2.45) is 0 Å². The normalized spacial score (nSPS) is 10.4. The molecule has 0 atom stereocenters. The first-order chi connectivity index (χ1) is 7.65. The Morgan fingerprint density at radius 2 is 2.12 bits per heavy atom. The lowest BCUT2D eigenvalue weighted by Crippen LogP contribution is -1.91. The average Bonchev–Trinajstić information content (AvgIpc) is 2.29. The van der Waals surface area contributed by atoms with Gasteiger partial charge in [-0.25, -0.2) is 4.98 Å². The van der Waals surface area contributed by atoms with Gasteiger partial charge in [-0.15, -0.1) is 0 Å². The Morgan fingerprint density at radius 3 is 2.75 bits per heavy atom. The minimum absolute atomic E-state index is 0.663. The quantitative estimate of drug-likeness (QED) is 0.786. The van der Waals surface area contributed by atoms with Crippen molar-refractivity contribution in [1.82, 2.24) is 4.98 Å². The molecular weight excluding hydrogens is 222 g/mol. The van der Waals surface area contributed by atoms with E-state index in [4.69, 9.17) is 16.3 Å². The molecule has 0 radical (unpaired) electrons. The van der Waals surface area contributed by atoms with E-state index >= 15 is 0 Å². The van der Waals surface area contributed by atoms with Crippen LogP contribution in [0.4, 0.5) is 0 Å². The fourth-order valence-electron chi connectivity index (χ4n) is 1.62. The van der Waals surface area contributed by atoms with Crippen LogP contribution < -0.4 is 4.74 Å². The van der Waals surface area contributed by atoms with Crippen molar-refractivity contribution in [3.8, 4) is 5.75 Å². The van der Waals surface area contributed by atoms with Crippen LogP contribution in [0.15, 0.2) is 24.8 Å². The molecule has 82 valence electrons. The zero-order valence-corrected chi connectivity index (χ0v) is 10.0. The van der Waals surface area contributed by atoms with E-state index in [1.54, 1.807) is 13.2 Å². The summed E-state index contributed by atoms with van der Waals surface area (Å²) in [6.07, 6.45) is 1.77. The van der Waals surface area contributed by atoms with Crippen molar-refractivity contribution < 1.29 is 4.74 Å². The van der Waals surface area contributed by atoms with Crippen LogP contribution in [0, 0.1) is 6.92 Å². The summed E-state index contributed by atoms with van der Waals surface area (Å²) < 4.78 is 5.31. The molecule has 0 aliphatic rings. The van der Waals surface area contributed by atoms with E-state index in [1.165, 1.54) is 0 Å². The molecule has 1 heterocycles. The summed E-state index contributed by atoms with van der Waals surface area (Å²) in [5.41, 5.74) is 2.62. The molecule has 16 heavy (non-hydrogen) atoms. The fourth-order valence-corrected chi connectivity index (χ4v) is 1.78. The van der Waals surface area contributed by atoms with Crippen molar-refractivity contribution in [3.63, 3.8) is 0 Å². The topological polar surface area (TPSA) is 22.1 Å². The number of fused-ring (bicyclic) bond motifs is 1. The van der Waals surface area contributed by atoms with Gasteiger partial charge >= 0.3 is 0 Å². The molecule has 1 aromatic heterocycles. The number of methoxy groups -OCH3 is 1. The number of nitrogens with zero attached hydrogens (tertiary/aromatic N) is 1. The van der Waals surface area contributed by atoms with Crippen LogP contribution in [0.3, 0.4) is 0 Å².